The zero-order valence-electron chi connectivity index (χ0n) is 19.7. The molecule has 0 saturated carbocycles. The third-order valence-electron chi connectivity index (χ3n) is 6.57. The van der Waals surface area contributed by atoms with Crippen LogP contribution in [0.1, 0.15) is 41.6 Å². The van der Waals surface area contributed by atoms with Crippen LogP contribution in [0, 0.1) is 0 Å². The average molecular weight is 636 g/mol. The van der Waals surface area contributed by atoms with Crippen LogP contribution in [-0.4, -0.2) is 10.5 Å². The number of allylic oxidation sites excluding steroid dienone is 1. The number of hydrogen-bond acceptors (Lipinski definition) is 5. The second kappa shape index (κ2) is 9.67. The van der Waals surface area contributed by atoms with Crippen molar-refractivity contribution in [1.82, 2.24) is 4.57 Å². The number of carbonyl (C=O) groups is 1. The van der Waals surface area contributed by atoms with E-state index in [0.717, 1.165) is 39.7 Å². The van der Waals surface area contributed by atoms with E-state index in [1.54, 1.807) is 6.07 Å². The molecule has 0 bridgehead atoms. The first-order valence-electron chi connectivity index (χ1n) is 11.8. The molecule has 4 aromatic rings. The van der Waals surface area contributed by atoms with Crippen molar-refractivity contribution in [3.8, 4) is 5.75 Å². The maximum atomic E-state index is 13.9. The van der Waals surface area contributed by atoms with Gasteiger partial charge in [-0.25, -0.2) is 4.99 Å². The van der Waals surface area contributed by atoms with Gasteiger partial charge < -0.3 is 4.74 Å². The minimum Gasteiger partial charge on any atom is -0.426 e. The molecule has 6 rings (SSSR count). The van der Waals surface area contributed by atoms with Crippen LogP contribution in [0.3, 0.4) is 0 Å². The lowest BCUT2D eigenvalue weighted by atomic mass is 9.83. The van der Waals surface area contributed by atoms with E-state index in [1.807, 2.05) is 41.0 Å². The maximum Gasteiger partial charge on any atom is 0.308 e. The number of nitrogens with zero attached hydrogens (tertiary/aromatic N) is 2. The number of carbonyl (C=O) groups excluding carboxylic acids is 1. The van der Waals surface area contributed by atoms with Gasteiger partial charge in [0, 0.05) is 17.0 Å². The summed E-state index contributed by atoms with van der Waals surface area (Å²) in [6.45, 7) is 1.36. The van der Waals surface area contributed by atoms with Crippen molar-refractivity contribution >= 4 is 60.9 Å². The molecule has 0 spiro atoms. The zero-order chi connectivity index (χ0) is 25.7. The minimum atomic E-state index is -0.389. The molecule has 0 amide bonds. The fraction of sp³-hybridized carbons (Fsp3) is 0.138. The summed E-state index contributed by atoms with van der Waals surface area (Å²) in [5.41, 5.74) is 6.41. The monoisotopic (exact) mass is 634 g/mol. The summed E-state index contributed by atoms with van der Waals surface area (Å²) >= 11 is 8.39. The number of ether oxygens (including phenoxy) is 1. The third-order valence-corrected chi connectivity index (χ3v) is 8.70. The number of halogens is 2. The van der Waals surface area contributed by atoms with E-state index in [9.17, 15) is 9.59 Å². The van der Waals surface area contributed by atoms with Crippen molar-refractivity contribution in [2.75, 3.05) is 0 Å². The van der Waals surface area contributed by atoms with E-state index in [1.165, 1.54) is 29.4 Å². The van der Waals surface area contributed by atoms with Crippen molar-refractivity contribution < 1.29 is 9.53 Å². The van der Waals surface area contributed by atoms with E-state index < -0.39 is 0 Å². The van der Waals surface area contributed by atoms with E-state index in [4.69, 9.17) is 9.73 Å². The number of esters is 1. The first-order valence-corrected chi connectivity index (χ1v) is 14.2. The highest BCUT2D eigenvalue weighted by molar-refractivity contribution is 9.10. The van der Waals surface area contributed by atoms with E-state index in [-0.39, 0.29) is 17.6 Å². The molecule has 0 saturated heterocycles. The summed E-state index contributed by atoms with van der Waals surface area (Å²) in [5, 5.41) is 0. The van der Waals surface area contributed by atoms with Crippen molar-refractivity contribution in [2.24, 2.45) is 4.99 Å². The van der Waals surface area contributed by atoms with E-state index in [0.29, 0.717) is 19.6 Å². The first kappa shape index (κ1) is 24.3. The van der Waals surface area contributed by atoms with Gasteiger partial charge in [-0.05, 0) is 81.4 Å². The predicted octanol–water partition coefficient (Wildman–Crippen LogP) is 5.77. The van der Waals surface area contributed by atoms with Crippen LogP contribution in [0.2, 0.25) is 0 Å². The summed E-state index contributed by atoms with van der Waals surface area (Å²) in [6.07, 6.45) is 3.64. The molecule has 2 aliphatic rings. The summed E-state index contributed by atoms with van der Waals surface area (Å²) in [6, 6.07) is 21.8. The van der Waals surface area contributed by atoms with Gasteiger partial charge in [0.2, 0.25) is 0 Å². The molecule has 1 atom stereocenters. The van der Waals surface area contributed by atoms with Gasteiger partial charge in [-0.3, -0.25) is 14.2 Å². The number of fused-ring (bicyclic) bond motifs is 3. The zero-order valence-corrected chi connectivity index (χ0v) is 23.7. The summed E-state index contributed by atoms with van der Waals surface area (Å²) < 4.78 is 9.29. The largest absolute Gasteiger partial charge is 0.426 e. The Morgan fingerprint density at radius 1 is 1.08 bits per heavy atom. The van der Waals surface area contributed by atoms with Crippen molar-refractivity contribution in [3.63, 3.8) is 0 Å². The molecule has 1 aliphatic heterocycles. The van der Waals surface area contributed by atoms with Gasteiger partial charge in [0.15, 0.2) is 4.80 Å². The van der Waals surface area contributed by atoms with Gasteiger partial charge in [-0.1, -0.05) is 69.7 Å². The van der Waals surface area contributed by atoms with Crippen molar-refractivity contribution in [3.05, 3.63) is 123 Å². The van der Waals surface area contributed by atoms with Gasteiger partial charge in [0.1, 0.15) is 5.75 Å². The SMILES string of the molecule is CC(=O)Oc1ccc(/C=c2/sc3n(c2=O)[C@H](c2ccc(Br)cc2)C2=C(N=3)c3ccccc3CC2)cc1Br. The number of rotatable bonds is 3. The van der Waals surface area contributed by atoms with Crippen LogP contribution in [0.15, 0.2) is 91.0 Å². The molecule has 184 valence electrons. The lowest BCUT2D eigenvalue weighted by Gasteiger charge is -2.30. The normalized spacial score (nSPS) is 16.5. The second-order valence-electron chi connectivity index (χ2n) is 8.95. The molecule has 37 heavy (non-hydrogen) atoms. The van der Waals surface area contributed by atoms with Crippen LogP contribution < -0.4 is 19.6 Å². The summed E-state index contributed by atoms with van der Waals surface area (Å²) in [4.78, 5) is 30.9. The maximum absolute atomic E-state index is 13.9. The van der Waals surface area contributed by atoms with Crippen molar-refractivity contribution in [2.45, 2.75) is 25.8 Å². The molecule has 5 nitrogen and oxygen atoms in total. The minimum absolute atomic E-state index is 0.0673. The lowest BCUT2D eigenvalue weighted by molar-refractivity contribution is -0.131. The van der Waals surface area contributed by atoms with Crippen LogP contribution in [0.25, 0.3) is 11.8 Å². The van der Waals surface area contributed by atoms with Gasteiger partial charge in [-0.2, -0.15) is 0 Å². The van der Waals surface area contributed by atoms with E-state index >= 15 is 0 Å². The Morgan fingerprint density at radius 3 is 2.62 bits per heavy atom. The molecule has 2 heterocycles. The third kappa shape index (κ3) is 4.47. The quantitative estimate of drug-likeness (QED) is 0.212. The Labute approximate surface area is 233 Å². The van der Waals surface area contributed by atoms with Gasteiger partial charge >= 0.3 is 5.97 Å². The molecule has 0 radical (unpaired) electrons. The number of thiazole rings is 1. The van der Waals surface area contributed by atoms with E-state index in [2.05, 4.69) is 62.2 Å². The molecular weight excluding hydrogens is 616 g/mol. The van der Waals surface area contributed by atoms with Crippen molar-refractivity contribution in [1.29, 1.82) is 0 Å². The molecule has 0 N–H and O–H groups in total. The van der Waals surface area contributed by atoms with Gasteiger partial charge in [0.05, 0.1) is 20.7 Å². The predicted molar refractivity (Wildman–Crippen MR) is 152 cm³/mol. The highest BCUT2D eigenvalue weighted by Crippen LogP contribution is 2.41. The standard InChI is InChI=1S/C29H20Br2N2O3S/c1-16(34)36-24-13-6-17(14-23(24)31)15-25-28(35)33-27(19-7-10-20(30)11-8-19)22-12-9-18-4-2-3-5-21(18)26(22)32-29(33)37-25/h2-8,10-11,13-15,27H,9,12H2,1H3/b25-15+/t27-/m1/s1. The summed E-state index contributed by atoms with van der Waals surface area (Å²) in [7, 11) is 0. The molecular formula is C29H20Br2N2O3S. The highest BCUT2D eigenvalue weighted by atomic mass is 79.9. The number of aryl methyl sites for hydroxylation is 1. The number of hydrogen-bond donors (Lipinski definition) is 0. The smallest absolute Gasteiger partial charge is 0.308 e. The summed E-state index contributed by atoms with van der Waals surface area (Å²) in [5.74, 6) is 0.0490. The number of aromatic nitrogens is 1. The Hall–Kier alpha value is -3.07. The first-order chi connectivity index (χ1) is 17.9. The second-order valence-corrected chi connectivity index (χ2v) is 11.7. The van der Waals surface area contributed by atoms with Crippen LogP contribution in [-0.2, 0) is 11.2 Å². The van der Waals surface area contributed by atoms with Crippen LogP contribution in [0.4, 0.5) is 0 Å². The van der Waals surface area contributed by atoms with Crippen LogP contribution >= 0.6 is 43.2 Å². The Bertz CT molecular complexity index is 1790. The molecule has 0 unspecified atom stereocenters. The topological polar surface area (TPSA) is 60.7 Å². The van der Waals surface area contributed by atoms with Crippen LogP contribution in [0.5, 0.6) is 5.75 Å². The molecule has 1 aromatic heterocycles. The average Bonchev–Trinajstić information content (AvgIpc) is 3.19. The molecule has 1 aliphatic carbocycles. The molecule has 3 aromatic carbocycles. The van der Waals surface area contributed by atoms with Gasteiger partial charge in [-0.15, -0.1) is 0 Å². The Morgan fingerprint density at radius 2 is 1.86 bits per heavy atom. The Balaban J connectivity index is 1.54. The van der Waals surface area contributed by atoms with Gasteiger partial charge in [0.25, 0.3) is 5.56 Å². The fourth-order valence-corrected chi connectivity index (χ4v) is 6.71. The molecule has 8 heteroatoms. The highest BCUT2D eigenvalue weighted by Gasteiger charge is 2.32. The molecule has 0 fully saturated rings. The Kier molecular flexibility index (Phi) is 6.34. The number of benzene rings is 3. The lowest BCUT2D eigenvalue weighted by Crippen LogP contribution is -2.38. The fourth-order valence-electron chi connectivity index (χ4n) is 4.96.